The maximum absolute atomic E-state index is 5.77. The molecule has 4 aromatic rings. The summed E-state index contributed by atoms with van der Waals surface area (Å²) in [6.45, 7) is 2.51. The standard InChI is InChI=1S/C25H22N4O3S/c1-16-21(24-27-23(28-32-24)18-10-12-19(30-2)13-11-18)22(17-7-4-3-5-8-17)26-25(33)29(16)15-20-9-6-14-31-20/h3-14,22H,15H2,1-2H3,(H,26,33). The highest BCUT2D eigenvalue weighted by molar-refractivity contribution is 7.80. The molecule has 0 spiro atoms. The average Bonchev–Trinajstić information content (AvgIpc) is 3.54. The van der Waals surface area contributed by atoms with Crippen molar-refractivity contribution in [3.63, 3.8) is 0 Å². The van der Waals surface area contributed by atoms with Crippen LogP contribution in [0, 0.1) is 0 Å². The lowest BCUT2D eigenvalue weighted by Crippen LogP contribution is -2.45. The monoisotopic (exact) mass is 458 g/mol. The van der Waals surface area contributed by atoms with Gasteiger partial charge >= 0.3 is 0 Å². The number of hydrogen-bond donors (Lipinski definition) is 1. The zero-order chi connectivity index (χ0) is 22.8. The lowest BCUT2D eigenvalue weighted by molar-refractivity contribution is 0.382. The Morgan fingerprint density at radius 1 is 1.06 bits per heavy atom. The van der Waals surface area contributed by atoms with Crippen molar-refractivity contribution in [1.29, 1.82) is 0 Å². The summed E-state index contributed by atoms with van der Waals surface area (Å²) in [4.78, 5) is 6.72. The van der Waals surface area contributed by atoms with Gasteiger partial charge in [0.05, 0.1) is 31.5 Å². The van der Waals surface area contributed by atoms with Crippen LogP contribution in [0.3, 0.4) is 0 Å². The molecular formula is C25H22N4O3S. The van der Waals surface area contributed by atoms with Gasteiger partial charge in [-0.2, -0.15) is 4.98 Å². The molecule has 3 heterocycles. The number of allylic oxidation sites excluding steroid dienone is 1. The number of thiocarbonyl (C=S) groups is 1. The highest BCUT2D eigenvalue weighted by Gasteiger charge is 2.34. The molecule has 2 aromatic heterocycles. The SMILES string of the molecule is COc1ccc(-c2noc(C3=C(C)N(Cc4ccco4)C(=S)NC3c3ccccc3)n2)cc1. The number of nitrogens with one attached hydrogen (secondary N) is 1. The van der Waals surface area contributed by atoms with Crippen LogP contribution < -0.4 is 10.1 Å². The Bertz CT molecular complexity index is 1280. The molecule has 0 bridgehead atoms. The van der Waals surface area contributed by atoms with Crippen LogP contribution in [0.25, 0.3) is 17.0 Å². The van der Waals surface area contributed by atoms with Gasteiger partial charge in [0.1, 0.15) is 11.5 Å². The van der Waals surface area contributed by atoms with Gasteiger partial charge in [-0.25, -0.2) is 0 Å². The fraction of sp³-hybridized carbons (Fsp3) is 0.160. The number of aromatic nitrogens is 2. The minimum atomic E-state index is -0.226. The van der Waals surface area contributed by atoms with Crippen LogP contribution in [0.4, 0.5) is 0 Å². The van der Waals surface area contributed by atoms with Crippen molar-refractivity contribution >= 4 is 22.9 Å². The molecule has 1 N–H and O–H groups in total. The molecule has 0 saturated heterocycles. The molecule has 166 valence electrons. The lowest BCUT2D eigenvalue weighted by atomic mass is 9.95. The second-order valence-corrected chi connectivity index (χ2v) is 8.00. The van der Waals surface area contributed by atoms with Crippen LogP contribution in [-0.2, 0) is 6.54 Å². The minimum absolute atomic E-state index is 0.226. The average molecular weight is 459 g/mol. The van der Waals surface area contributed by atoms with Crippen LogP contribution in [-0.4, -0.2) is 27.3 Å². The van der Waals surface area contributed by atoms with E-state index in [0.29, 0.717) is 23.4 Å². The van der Waals surface area contributed by atoms with Gasteiger partial charge in [0.2, 0.25) is 5.82 Å². The summed E-state index contributed by atoms with van der Waals surface area (Å²) in [6, 6.07) is 21.2. The van der Waals surface area contributed by atoms with Gasteiger partial charge in [0.25, 0.3) is 5.89 Å². The van der Waals surface area contributed by atoms with E-state index >= 15 is 0 Å². The van der Waals surface area contributed by atoms with Crippen LogP contribution in [0.15, 0.2) is 87.6 Å². The van der Waals surface area contributed by atoms with Crippen LogP contribution in [0.2, 0.25) is 0 Å². The van der Waals surface area contributed by atoms with Crippen molar-refractivity contribution < 1.29 is 13.7 Å². The van der Waals surface area contributed by atoms with E-state index in [1.54, 1.807) is 13.4 Å². The van der Waals surface area contributed by atoms with Gasteiger partial charge in [-0.1, -0.05) is 35.5 Å². The summed E-state index contributed by atoms with van der Waals surface area (Å²) in [5, 5.41) is 8.30. The third-order valence-corrected chi connectivity index (χ3v) is 5.97. The Hall–Kier alpha value is -3.91. The van der Waals surface area contributed by atoms with Crippen molar-refractivity contribution in [2.45, 2.75) is 19.5 Å². The predicted molar refractivity (Wildman–Crippen MR) is 128 cm³/mol. The predicted octanol–water partition coefficient (Wildman–Crippen LogP) is 5.20. The Morgan fingerprint density at radius 2 is 1.85 bits per heavy atom. The van der Waals surface area contributed by atoms with E-state index in [1.165, 1.54) is 0 Å². The molecule has 1 atom stereocenters. The molecule has 1 unspecified atom stereocenters. The maximum atomic E-state index is 5.77. The first-order valence-electron chi connectivity index (χ1n) is 10.5. The van der Waals surface area contributed by atoms with E-state index in [4.69, 9.17) is 30.9 Å². The number of methoxy groups -OCH3 is 1. The fourth-order valence-corrected chi connectivity index (χ4v) is 4.21. The number of furan rings is 1. The van der Waals surface area contributed by atoms with E-state index in [0.717, 1.165) is 33.9 Å². The molecule has 0 fully saturated rings. The maximum Gasteiger partial charge on any atom is 0.258 e. The molecule has 7 nitrogen and oxygen atoms in total. The molecule has 5 rings (SSSR count). The van der Waals surface area contributed by atoms with Crippen molar-refractivity contribution in [3.05, 3.63) is 95.9 Å². The van der Waals surface area contributed by atoms with Crippen LogP contribution in [0.1, 0.15) is 30.2 Å². The Kier molecular flexibility index (Phi) is 5.66. The van der Waals surface area contributed by atoms with Gasteiger partial charge in [-0.15, -0.1) is 0 Å². The Labute approximate surface area is 196 Å². The number of benzene rings is 2. The van der Waals surface area contributed by atoms with E-state index in [2.05, 4.69) is 22.6 Å². The van der Waals surface area contributed by atoms with Gasteiger partial charge < -0.3 is 23.9 Å². The zero-order valence-corrected chi connectivity index (χ0v) is 19.0. The largest absolute Gasteiger partial charge is 0.497 e. The third kappa shape index (κ3) is 4.12. The minimum Gasteiger partial charge on any atom is -0.497 e. The molecule has 0 amide bonds. The first kappa shape index (κ1) is 21.0. The Morgan fingerprint density at radius 3 is 2.55 bits per heavy atom. The summed E-state index contributed by atoms with van der Waals surface area (Å²) in [5.41, 5.74) is 3.69. The number of rotatable bonds is 6. The second-order valence-electron chi connectivity index (χ2n) is 7.61. The molecule has 33 heavy (non-hydrogen) atoms. The van der Waals surface area contributed by atoms with Gasteiger partial charge in [0.15, 0.2) is 5.11 Å². The van der Waals surface area contributed by atoms with E-state index in [-0.39, 0.29) is 6.04 Å². The number of hydrogen-bond acceptors (Lipinski definition) is 6. The van der Waals surface area contributed by atoms with Crippen molar-refractivity contribution in [3.8, 4) is 17.1 Å². The molecule has 0 aliphatic carbocycles. The smallest absolute Gasteiger partial charge is 0.258 e. The normalized spacial score (nSPS) is 16.1. The number of nitrogens with zero attached hydrogens (tertiary/aromatic N) is 3. The fourth-order valence-electron chi connectivity index (χ4n) is 3.89. The summed E-state index contributed by atoms with van der Waals surface area (Å²) in [7, 11) is 1.63. The van der Waals surface area contributed by atoms with Gasteiger partial charge in [-0.05, 0) is 61.1 Å². The molecule has 8 heteroatoms. The van der Waals surface area contributed by atoms with Crippen molar-refractivity contribution in [2.75, 3.05) is 7.11 Å². The highest BCUT2D eigenvalue weighted by Crippen LogP contribution is 2.38. The third-order valence-electron chi connectivity index (χ3n) is 5.63. The van der Waals surface area contributed by atoms with Crippen molar-refractivity contribution in [2.24, 2.45) is 0 Å². The quantitative estimate of drug-likeness (QED) is 0.395. The van der Waals surface area contributed by atoms with Gasteiger partial charge in [-0.3, -0.25) is 0 Å². The van der Waals surface area contributed by atoms with Gasteiger partial charge in [0, 0.05) is 11.3 Å². The van der Waals surface area contributed by atoms with E-state index in [1.807, 2.05) is 66.4 Å². The van der Waals surface area contributed by atoms with Crippen LogP contribution in [0.5, 0.6) is 5.75 Å². The molecular weight excluding hydrogens is 436 g/mol. The molecule has 0 saturated carbocycles. The first-order valence-corrected chi connectivity index (χ1v) is 10.9. The number of ether oxygens (including phenoxy) is 1. The van der Waals surface area contributed by atoms with Crippen molar-refractivity contribution in [1.82, 2.24) is 20.4 Å². The van der Waals surface area contributed by atoms with E-state index in [9.17, 15) is 0 Å². The van der Waals surface area contributed by atoms with Crippen LogP contribution >= 0.6 is 12.2 Å². The topological polar surface area (TPSA) is 76.6 Å². The highest BCUT2D eigenvalue weighted by atomic mass is 32.1. The summed E-state index contributed by atoms with van der Waals surface area (Å²) >= 11 is 5.72. The summed E-state index contributed by atoms with van der Waals surface area (Å²) < 4.78 is 16.6. The van der Waals surface area contributed by atoms with E-state index < -0.39 is 0 Å². The zero-order valence-electron chi connectivity index (χ0n) is 18.2. The molecule has 1 aliphatic rings. The second kappa shape index (κ2) is 8.91. The lowest BCUT2D eigenvalue weighted by Gasteiger charge is -2.37. The first-order chi connectivity index (χ1) is 16.1. The Balaban J connectivity index is 1.57. The molecule has 0 radical (unpaired) electrons. The summed E-state index contributed by atoms with van der Waals surface area (Å²) in [6.07, 6.45) is 1.65. The summed E-state index contributed by atoms with van der Waals surface area (Å²) in [5.74, 6) is 2.52. The molecule has 1 aliphatic heterocycles. The molecule has 2 aromatic carbocycles.